The molecule has 0 bridgehead atoms. The molecule has 1 aliphatic carbocycles. The Kier molecular flexibility index (Phi) is 10.5. The van der Waals surface area contributed by atoms with Crippen LogP contribution in [0, 0.1) is 5.92 Å². The molecule has 1 aliphatic heterocycles. The Balaban J connectivity index is 1.67. The monoisotopic (exact) mass is 381 g/mol. The molecule has 0 aromatic heterocycles. The molecule has 0 spiro atoms. The average molecular weight is 382 g/mol. The fourth-order valence-electron chi connectivity index (χ4n) is 3.68. The number of aliphatic imine (C=N–C) groups is 1. The lowest BCUT2D eigenvalue weighted by Gasteiger charge is -2.26. The molecule has 0 unspecified atom stereocenters. The first-order valence-corrected chi connectivity index (χ1v) is 10.7. The lowest BCUT2D eigenvalue weighted by Crippen LogP contribution is -2.45. The predicted molar refractivity (Wildman–Crippen MR) is 110 cm³/mol. The van der Waals surface area contributed by atoms with E-state index in [0.29, 0.717) is 0 Å². The minimum Gasteiger partial charge on any atom is -0.379 e. The number of likely N-dealkylation sites (N-methyl/N-ethyl adjacent to an activating group) is 1. The van der Waals surface area contributed by atoms with Crippen molar-refractivity contribution in [1.82, 2.24) is 20.4 Å². The van der Waals surface area contributed by atoms with Crippen molar-refractivity contribution >= 4 is 11.9 Å². The van der Waals surface area contributed by atoms with Gasteiger partial charge in [-0.15, -0.1) is 0 Å². The van der Waals surface area contributed by atoms with E-state index in [1.165, 1.54) is 38.5 Å². The molecule has 2 fully saturated rings. The van der Waals surface area contributed by atoms with Gasteiger partial charge in [0.2, 0.25) is 5.91 Å². The molecule has 0 aromatic carbocycles. The van der Waals surface area contributed by atoms with E-state index >= 15 is 0 Å². The summed E-state index contributed by atoms with van der Waals surface area (Å²) < 4.78 is 5.39. The number of carbonyl (C=O) groups is 1. The van der Waals surface area contributed by atoms with Crippen LogP contribution in [0.4, 0.5) is 0 Å². The number of guanidine groups is 1. The number of hydrogen-bond acceptors (Lipinski definition) is 4. The van der Waals surface area contributed by atoms with Crippen LogP contribution < -0.4 is 10.6 Å². The highest BCUT2D eigenvalue weighted by Gasteiger charge is 2.14. The van der Waals surface area contributed by atoms with Crippen molar-refractivity contribution in [3.05, 3.63) is 0 Å². The van der Waals surface area contributed by atoms with E-state index in [0.717, 1.165) is 64.2 Å². The summed E-state index contributed by atoms with van der Waals surface area (Å²) in [5, 5.41) is 6.78. The van der Waals surface area contributed by atoms with Crippen molar-refractivity contribution in [1.29, 1.82) is 0 Å². The summed E-state index contributed by atoms with van der Waals surface area (Å²) in [4.78, 5) is 20.3. The molecule has 156 valence electrons. The van der Waals surface area contributed by atoms with Crippen molar-refractivity contribution in [3.63, 3.8) is 0 Å². The number of carbonyl (C=O) groups excluding carboxylic acids is 1. The number of nitrogens with zero attached hydrogens (tertiary/aromatic N) is 3. The molecule has 0 aromatic rings. The zero-order valence-electron chi connectivity index (χ0n) is 17.3. The van der Waals surface area contributed by atoms with Crippen LogP contribution in [0.5, 0.6) is 0 Å². The second-order valence-electron chi connectivity index (χ2n) is 7.91. The molecule has 1 amide bonds. The van der Waals surface area contributed by atoms with Crippen LogP contribution in [0.3, 0.4) is 0 Å². The number of morpholine rings is 1. The Bertz CT molecular complexity index is 444. The van der Waals surface area contributed by atoms with Gasteiger partial charge in [0.15, 0.2) is 5.96 Å². The molecule has 1 heterocycles. The predicted octanol–water partition coefficient (Wildman–Crippen LogP) is 1.30. The topological polar surface area (TPSA) is 69.2 Å². The van der Waals surface area contributed by atoms with E-state index in [1.807, 2.05) is 0 Å². The highest BCUT2D eigenvalue weighted by molar-refractivity contribution is 5.84. The quantitative estimate of drug-likeness (QED) is 0.339. The summed E-state index contributed by atoms with van der Waals surface area (Å²) in [7, 11) is 3.53. The molecule has 1 saturated heterocycles. The van der Waals surface area contributed by atoms with E-state index in [-0.39, 0.29) is 12.5 Å². The molecule has 0 radical (unpaired) electrons. The number of nitrogens with one attached hydrogen (secondary N) is 2. The number of ether oxygens (including phenoxy) is 1. The first kappa shape index (κ1) is 22.0. The fourth-order valence-corrected chi connectivity index (χ4v) is 3.68. The third-order valence-electron chi connectivity index (χ3n) is 5.50. The van der Waals surface area contributed by atoms with Crippen LogP contribution in [0.25, 0.3) is 0 Å². The smallest absolute Gasteiger partial charge is 0.243 e. The van der Waals surface area contributed by atoms with Crippen LogP contribution in [0.2, 0.25) is 0 Å². The van der Waals surface area contributed by atoms with Crippen LogP contribution in [0.15, 0.2) is 4.99 Å². The average Bonchev–Trinajstić information content (AvgIpc) is 3.19. The van der Waals surface area contributed by atoms with Crippen LogP contribution in [-0.2, 0) is 9.53 Å². The van der Waals surface area contributed by atoms with E-state index < -0.39 is 0 Å². The molecule has 7 heteroatoms. The van der Waals surface area contributed by atoms with Gasteiger partial charge in [0.05, 0.1) is 13.2 Å². The van der Waals surface area contributed by atoms with E-state index in [1.54, 1.807) is 19.0 Å². The first-order chi connectivity index (χ1) is 13.1. The van der Waals surface area contributed by atoms with Crippen molar-refractivity contribution < 1.29 is 9.53 Å². The summed E-state index contributed by atoms with van der Waals surface area (Å²) in [6.45, 7) is 6.49. The van der Waals surface area contributed by atoms with Gasteiger partial charge < -0.3 is 20.3 Å². The van der Waals surface area contributed by atoms with Gasteiger partial charge in [-0.25, -0.2) is 4.99 Å². The minimum atomic E-state index is 0.0190. The molecule has 7 nitrogen and oxygen atoms in total. The van der Waals surface area contributed by atoms with Gasteiger partial charge in [-0.3, -0.25) is 9.69 Å². The van der Waals surface area contributed by atoms with E-state index in [9.17, 15) is 4.79 Å². The second-order valence-corrected chi connectivity index (χ2v) is 7.91. The Morgan fingerprint density at radius 3 is 2.52 bits per heavy atom. The van der Waals surface area contributed by atoms with Crippen molar-refractivity contribution in [3.8, 4) is 0 Å². The van der Waals surface area contributed by atoms with Crippen LogP contribution in [0.1, 0.15) is 44.9 Å². The highest BCUT2D eigenvalue weighted by Crippen LogP contribution is 2.28. The highest BCUT2D eigenvalue weighted by atomic mass is 16.5. The summed E-state index contributed by atoms with van der Waals surface area (Å²) >= 11 is 0. The van der Waals surface area contributed by atoms with Crippen molar-refractivity contribution in [2.24, 2.45) is 10.9 Å². The number of hydrogen-bond donors (Lipinski definition) is 2. The lowest BCUT2D eigenvalue weighted by molar-refractivity contribution is -0.127. The summed E-state index contributed by atoms with van der Waals surface area (Å²) in [6, 6.07) is 0. The molecule has 2 N–H and O–H groups in total. The summed E-state index contributed by atoms with van der Waals surface area (Å²) in [6.07, 6.45) is 9.49. The molecule has 1 saturated carbocycles. The standard InChI is InChI=1S/C20H39N5O2/c1-24(2)19(26)17-23-20(22-11-12-25-13-15-27-16-14-25)21-10-6-5-9-18-7-3-4-8-18/h18H,3-17H2,1-2H3,(H2,21,22,23). The van der Waals surface area contributed by atoms with Gasteiger partial charge in [-0.05, 0) is 12.3 Å². The minimum absolute atomic E-state index is 0.0190. The zero-order valence-corrected chi connectivity index (χ0v) is 17.3. The number of unbranched alkanes of at least 4 members (excludes halogenated alkanes) is 1. The Hall–Kier alpha value is -1.34. The maximum atomic E-state index is 11.8. The molecule has 2 aliphatic rings. The number of amides is 1. The summed E-state index contributed by atoms with van der Waals surface area (Å²) in [5.41, 5.74) is 0. The Morgan fingerprint density at radius 1 is 1.11 bits per heavy atom. The van der Waals surface area contributed by atoms with E-state index in [4.69, 9.17) is 4.74 Å². The van der Waals surface area contributed by atoms with Gasteiger partial charge in [-0.2, -0.15) is 0 Å². The molecule has 2 rings (SSSR count). The first-order valence-electron chi connectivity index (χ1n) is 10.7. The Morgan fingerprint density at radius 2 is 1.81 bits per heavy atom. The van der Waals surface area contributed by atoms with Crippen LogP contribution in [-0.4, -0.2) is 88.2 Å². The third kappa shape index (κ3) is 9.42. The van der Waals surface area contributed by atoms with Crippen molar-refractivity contribution in [2.45, 2.75) is 44.9 Å². The SMILES string of the molecule is CN(C)C(=O)CN=C(NCCCCC1CCCC1)NCCN1CCOCC1. The molecular weight excluding hydrogens is 342 g/mol. The summed E-state index contributed by atoms with van der Waals surface area (Å²) in [5.74, 6) is 1.73. The second kappa shape index (κ2) is 12.9. The van der Waals surface area contributed by atoms with Crippen molar-refractivity contribution in [2.75, 3.05) is 66.6 Å². The van der Waals surface area contributed by atoms with Gasteiger partial charge in [0.1, 0.15) is 6.54 Å². The molecule has 0 atom stereocenters. The lowest BCUT2D eigenvalue weighted by atomic mass is 10.0. The van der Waals surface area contributed by atoms with Gasteiger partial charge >= 0.3 is 0 Å². The normalized spacial score (nSPS) is 19.3. The van der Waals surface area contributed by atoms with Gasteiger partial charge in [0.25, 0.3) is 0 Å². The number of rotatable bonds is 10. The fraction of sp³-hybridized carbons (Fsp3) is 0.900. The van der Waals surface area contributed by atoms with Crippen LogP contribution >= 0.6 is 0 Å². The largest absolute Gasteiger partial charge is 0.379 e. The zero-order chi connectivity index (χ0) is 19.3. The van der Waals surface area contributed by atoms with Gasteiger partial charge in [0, 0.05) is 46.8 Å². The molecular formula is C20H39N5O2. The third-order valence-corrected chi connectivity index (χ3v) is 5.50. The maximum Gasteiger partial charge on any atom is 0.243 e. The molecule has 27 heavy (non-hydrogen) atoms. The van der Waals surface area contributed by atoms with E-state index in [2.05, 4.69) is 20.5 Å². The Labute approximate surface area is 164 Å². The maximum absolute atomic E-state index is 11.8. The van der Waals surface area contributed by atoms with Gasteiger partial charge in [-0.1, -0.05) is 38.5 Å².